The van der Waals surface area contributed by atoms with Crippen molar-refractivity contribution in [2.24, 2.45) is 0 Å². The first-order valence-electron chi connectivity index (χ1n) is 21.6. The Morgan fingerprint density at radius 1 is 0.353 bits per heavy atom. The fraction of sp³-hybridized carbons (Fsp3) is 0.0169. The zero-order chi connectivity index (χ0) is 46.7. The molecule has 0 saturated heterocycles. The quantitative estimate of drug-likeness (QED) is 0.166. The summed E-state index contributed by atoms with van der Waals surface area (Å²) in [6.07, 6.45) is -4.86. The van der Waals surface area contributed by atoms with Crippen LogP contribution in [0, 0.1) is 45.3 Å². The van der Waals surface area contributed by atoms with Crippen LogP contribution in [-0.4, -0.2) is 9.13 Å². The van der Waals surface area contributed by atoms with E-state index in [9.17, 15) is 21.0 Å². The van der Waals surface area contributed by atoms with Crippen molar-refractivity contribution in [1.29, 1.82) is 21.0 Å². The Morgan fingerprint density at radius 3 is 1.34 bits per heavy atom. The molecule has 11 aromatic rings. The highest BCUT2D eigenvalue weighted by Crippen LogP contribution is 2.49. The van der Waals surface area contributed by atoms with Gasteiger partial charge in [0.2, 0.25) is 0 Å². The molecule has 2 aromatic heterocycles. The van der Waals surface area contributed by atoms with Crippen LogP contribution in [0.4, 0.5) is 13.2 Å². The molecule has 9 heteroatoms. The van der Waals surface area contributed by atoms with E-state index in [-0.39, 0.29) is 22.3 Å². The minimum atomic E-state index is -4.86. The molecule has 0 amide bonds. The number of rotatable bonds is 6. The molecule has 0 bridgehead atoms. The summed E-state index contributed by atoms with van der Waals surface area (Å²) in [5.41, 5.74) is 8.25. The van der Waals surface area contributed by atoms with E-state index in [0.29, 0.717) is 33.6 Å². The molecule has 9 aromatic carbocycles. The standard InChI is InChI=1S/C59H31F3N6/c60-59(61,62)50-29-36(32-63)23-26-44(50)47-18-10-22-56(68-52-20-8-6-17-46(52)49-31-38(25-28-54(49)68)43-15-4-2-12-40(43)34-65)58(47)57-41(35-66)13-9-21-55(57)67-51-19-7-5-16-45(51)48-30-37(24-27-53(48)67)42-14-3-1-11-39(42)33-64/h1-31H. The van der Waals surface area contributed by atoms with Crippen LogP contribution in [0.15, 0.2) is 188 Å². The number of aromatic nitrogens is 2. The molecule has 0 N–H and O–H groups in total. The van der Waals surface area contributed by atoms with E-state index in [0.717, 1.165) is 71.9 Å². The number of fused-ring (bicyclic) bond motifs is 6. The highest BCUT2D eigenvalue weighted by atomic mass is 19.4. The second kappa shape index (κ2) is 16.1. The Hall–Kier alpha value is -9.67. The van der Waals surface area contributed by atoms with Gasteiger partial charge in [0, 0.05) is 32.7 Å². The van der Waals surface area contributed by atoms with Crippen molar-refractivity contribution in [3.63, 3.8) is 0 Å². The van der Waals surface area contributed by atoms with Crippen LogP contribution in [-0.2, 0) is 6.18 Å². The van der Waals surface area contributed by atoms with Gasteiger partial charge < -0.3 is 9.13 Å². The molecule has 0 radical (unpaired) electrons. The molecule has 0 aliphatic heterocycles. The smallest absolute Gasteiger partial charge is 0.309 e. The number of nitrogens with zero attached hydrogens (tertiary/aromatic N) is 6. The largest absolute Gasteiger partial charge is 0.417 e. The number of nitriles is 4. The molecule has 0 saturated carbocycles. The molecular weight excluding hydrogens is 850 g/mol. The van der Waals surface area contributed by atoms with Crippen molar-refractivity contribution >= 4 is 43.6 Å². The first-order valence-corrected chi connectivity index (χ1v) is 21.6. The topological polar surface area (TPSA) is 105 Å². The molecule has 11 rings (SSSR count). The van der Waals surface area contributed by atoms with Gasteiger partial charge in [-0.25, -0.2) is 0 Å². The summed E-state index contributed by atoms with van der Waals surface area (Å²) >= 11 is 0. The van der Waals surface area contributed by atoms with Gasteiger partial charge in [-0.2, -0.15) is 34.2 Å². The molecule has 0 unspecified atom stereocenters. The molecule has 0 atom stereocenters. The van der Waals surface area contributed by atoms with Crippen molar-refractivity contribution in [1.82, 2.24) is 9.13 Å². The number of hydrogen-bond donors (Lipinski definition) is 0. The number of para-hydroxylation sites is 2. The minimum Gasteiger partial charge on any atom is -0.309 e. The monoisotopic (exact) mass is 880 g/mol. The third-order valence-electron chi connectivity index (χ3n) is 12.7. The van der Waals surface area contributed by atoms with Gasteiger partial charge >= 0.3 is 6.18 Å². The zero-order valence-corrected chi connectivity index (χ0v) is 35.7. The van der Waals surface area contributed by atoms with Gasteiger partial charge in [-0.3, -0.25) is 0 Å². The van der Waals surface area contributed by atoms with E-state index >= 15 is 13.2 Å². The molecule has 318 valence electrons. The Balaban J connectivity index is 1.28. The lowest BCUT2D eigenvalue weighted by molar-refractivity contribution is -0.137. The molecule has 6 nitrogen and oxygen atoms in total. The molecule has 68 heavy (non-hydrogen) atoms. The van der Waals surface area contributed by atoms with Gasteiger partial charge in [0.05, 0.1) is 85.5 Å². The average Bonchev–Trinajstić information content (AvgIpc) is 3.89. The van der Waals surface area contributed by atoms with Gasteiger partial charge in [-0.05, 0) is 112 Å². The van der Waals surface area contributed by atoms with Gasteiger partial charge in [-0.1, -0.05) is 109 Å². The first kappa shape index (κ1) is 41.1. The molecule has 0 aliphatic carbocycles. The lowest BCUT2D eigenvalue weighted by atomic mass is 9.86. The summed E-state index contributed by atoms with van der Waals surface area (Å²) in [7, 11) is 0. The van der Waals surface area contributed by atoms with E-state index < -0.39 is 11.7 Å². The number of alkyl halides is 3. The third-order valence-corrected chi connectivity index (χ3v) is 12.7. The summed E-state index contributed by atoms with van der Waals surface area (Å²) in [5, 5.41) is 44.5. The normalized spacial score (nSPS) is 11.4. The summed E-state index contributed by atoms with van der Waals surface area (Å²) in [6, 6.07) is 65.4. The Kier molecular flexibility index (Phi) is 9.72. The van der Waals surface area contributed by atoms with Crippen LogP contribution in [0.1, 0.15) is 27.8 Å². The summed E-state index contributed by atoms with van der Waals surface area (Å²) in [4.78, 5) is 0. The van der Waals surface area contributed by atoms with Crippen LogP contribution < -0.4 is 0 Å². The van der Waals surface area contributed by atoms with Crippen molar-refractivity contribution < 1.29 is 13.2 Å². The maximum Gasteiger partial charge on any atom is 0.417 e. The summed E-state index contributed by atoms with van der Waals surface area (Å²) in [5.74, 6) is 0. The van der Waals surface area contributed by atoms with Crippen molar-refractivity contribution in [3.05, 3.63) is 216 Å². The van der Waals surface area contributed by atoms with Crippen LogP contribution in [0.25, 0.3) is 99.5 Å². The second-order valence-electron chi connectivity index (χ2n) is 16.4. The highest BCUT2D eigenvalue weighted by molar-refractivity contribution is 6.14. The van der Waals surface area contributed by atoms with E-state index in [1.165, 1.54) is 12.1 Å². The number of halogens is 3. The van der Waals surface area contributed by atoms with Crippen LogP contribution in [0.2, 0.25) is 0 Å². The van der Waals surface area contributed by atoms with Crippen LogP contribution >= 0.6 is 0 Å². The Bertz CT molecular complexity index is 4090. The second-order valence-corrected chi connectivity index (χ2v) is 16.4. The highest BCUT2D eigenvalue weighted by Gasteiger charge is 2.36. The molecular formula is C59H31F3N6. The maximum absolute atomic E-state index is 15.4. The number of hydrogen-bond acceptors (Lipinski definition) is 4. The fourth-order valence-corrected chi connectivity index (χ4v) is 9.84. The van der Waals surface area contributed by atoms with Crippen molar-refractivity contribution in [3.8, 4) is 80.2 Å². The average molecular weight is 881 g/mol. The summed E-state index contributed by atoms with van der Waals surface area (Å²) in [6.45, 7) is 0. The predicted octanol–water partition coefficient (Wildman–Crippen LogP) is 15.1. The van der Waals surface area contributed by atoms with E-state index in [4.69, 9.17) is 0 Å². The third kappa shape index (κ3) is 6.46. The Morgan fingerprint density at radius 2 is 0.809 bits per heavy atom. The number of benzene rings is 9. The molecule has 2 heterocycles. The lowest BCUT2D eigenvalue weighted by Gasteiger charge is -2.24. The molecule has 0 fully saturated rings. The molecule has 0 spiro atoms. The SMILES string of the molecule is N#Cc1ccc(-c2cccc(-n3c4ccccc4c4cc(-c5ccccc5C#N)ccc43)c2-c2c(C#N)cccc2-n2c3ccccc3c3cc(-c4ccccc4C#N)ccc32)c(C(F)(F)F)c1. The lowest BCUT2D eigenvalue weighted by Crippen LogP contribution is -2.09. The van der Waals surface area contributed by atoms with E-state index in [1.807, 2.05) is 144 Å². The van der Waals surface area contributed by atoms with E-state index in [1.54, 1.807) is 36.4 Å². The maximum atomic E-state index is 15.4. The molecule has 0 aliphatic rings. The van der Waals surface area contributed by atoms with Gasteiger partial charge in [-0.15, -0.1) is 0 Å². The van der Waals surface area contributed by atoms with Gasteiger partial charge in [0.25, 0.3) is 0 Å². The van der Waals surface area contributed by atoms with Crippen molar-refractivity contribution in [2.75, 3.05) is 0 Å². The van der Waals surface area contributed by atoms with Crippen molar-refractivity contribution in [2.45, 2.75) is 6.18 Å². The zero-order valence-electron chi connectivity index (χ0n) is 35.7. The fourth-order valence-electron chi connectivity index (χ4n) is 9.84. The van der Waals surface area contributed by atoms with Crippen LogP contribution in [0.3, 0.4) is 0 Å². The summed E-state index contributed by atoms with van der Waals surface area (Å²) < 4.78 is 50.3. The Labute approximate surface area is 387 Å². The van der Waals surface area contributed by atoms with Gasteiger partial charge in [0.1, 0.15) is 0 Å². The first-order chi connectivity index (χ1) is 33.2. The predicted molar refractivity (Wildman–Crippen MR) is 261 cm³/mol. The van der Waals surface area contributed by atoms with Crippen LogP contribution in [0.5, 0.6) is 0 Å². The van der Waals surface area contributed by atoms with E-state index in [2.05, 4.69) is 22.8 Å². The van der Waals surface area contributed by atoms with Gasteiger partial charge in [0.15, 0.2) is 0 Å². The minimum absolute atomic E-state index is 0.143.